The van der Waals surface area contributed by atoms with Gasteiger partial charge < -0.3 is 20.7 Å². The second-order valence-corrected chi connectivity index (χ2v) is 6.88. The number of para-hydroxylation sites is 2. The van der Waals surface area contributed by atoms with Crippen LogP contribution < -0.4 is 16.0 Å². The predicted molar refractivity (Wildman–Crippen MR) is 101 cm³/mol. The number of anilines is 3. The van der Waals surface area contributed by atoms with Gasteiger partial charge in [0.05, 0.1) is 29.4 Å². The van der Waals surface area contributed by atoms with E-state index in [-0.39, 0.29) is 18.2 Å². The lowest BCUT2D eigenvalue weighted by Crippen LogP contribution is -2.41. The number of benzene rings is 1. The first-order valence-electron chi connectivity index (χ1n) is 8.21. The van der Waals surface area contributed by atoms with E-state index in [0.29, 0.717) is 22.2 Å². The summed E-state index contributed by atoms with van der Waals surface area (Å²) in [5, 5.41) is 9.14. The number of nitrogens with one attached hydrogen (secondary N) is 3. The summed E-state index contributed by atoms with van der Waals surface area (Å²) in [7, 11) is 0. The SMILES string of the molecule is CCOC(=O)c1sc(NC(=O)C[C@H]2Nc3ccccc3NC2=O)cc1C. The summed E-state index contributed by atoms with van der Waals surface area (Å²) in [6.45, 7) is 3.82. The molecule has 3 rings (SSSR count). The molecule has 2 amide bonds. The van der Waals surface area contributed by atoms with E-state index in [4.69, 9.17) is 4.74 Å². The highest BCUT2D eigenvalue weighted by atomic mass is 32.1. The Morgan fingerprint density at radius 1 is 1.27 bits per heavy atom. The lowest BCUT2D eigenvalue weighted by molar-refractivity contribution is -0.122. The first-order valence-corrected chi connectivity index (χ1v) is 9.03. The number of thiophene rings is 1. The molecule has 0 aliphatic carbocycles. The van der Waals surface area contributed by atoms with E-state index in [9.17, 15) is 14.4 Å². The summed E-state index contributed by atoms with van der Waals surface area (Å²) >= 11 is 1.16. The van der Waals surface area contributed by atoms with Crippen LogP contribution in [-0.4, -0.2) is 30.4 Å². The number of esters is 1. The van der Waals surface area contributed by atoms with Gasteiger partial charge in [0.2, 0.25) is 11.8 Å². The lowest BCUT2D eigenvalue weighted by atomic mass is 10.1. The van der Waals surface area contributed by atoms with Crippen LogP contribution in [0.4, 0.5) is 16.4 Å². The monoisotopic (exact) mass is 373 g/mol. The van der Waals surface area contributed by atoms with E-state index < -0.39 is 12.0 Å². The topological polar surface area (TPSA) is 96.5 Å². The number of hydrogen-bond donors (Lipinski definition) is 3. The zero-order valence-corrected chi connectivity index (χ0v) is 15.2. The molecule has 26 heavy (non-hydrogen) atoms. The van der Waals surface area contributed by atoms with Crippen LogP contribution in [0.15, 0.2) is 30.3 Å². The lowest BCUT2D eigenvalue weighted by Gasteiger charge is -2.26. The Balaban J connectivity index is 1.64. The van der Waals surface area contributed by atoms with Crippen LogP contribution in [0.2, 0.25) is 0 Å². The molecule has 1 aliphatic rings. The molecule has 0 unspecified atom stereocenters. The van der Waals surface area contributed by atoms with Crippen molar-refractivity contribution in [2.24, 2.45) is 0 Å². The number of fused-ring (bicyclic) bond motifs is 1. The number of carbonyl (C=O) groups is 3. The van der Waals surface area contributed by atoms with Crippen LogP contribution >= 0.6 is 11.3 Å². The zero-order chi connectivity index (χ0) is 18.7. The van der Waals surface area contributed by atoms with Crippen molar-refractivity contribution >= 4 is 45.5 Å². The molecule has 0 fully saturated rings. The fourth-order valence-corrected chi connectivity index (χ4v) is 3.63. The fourth-order valence-electron chi connectivity index (χ4n) is 2.65. The normalized spacial score (nSPS) is 15.5. The van der Waals surface area contributed by atoms with E-state index in [1.54, 1.807) is 26.0 Å². The van der Waals surface area contributed by atoms with E-state index in [2.05, 4.69) is 16.0 Å². The summed E-state index contributed by atoms with van der Waals surface area (Å²) in [5.41, 5.74) is 2.22. The van der Waals surface area contributed by atoms with Gasteiger partial charge >= 0.3 is 5.97 Å². The first kappa shape index (κ1) is 17.9. The largest absolute Gasteiger partial charge is 0.462 e. The van der Waals surface area contributed by atoms with E-state index in [1.807, 2.05) is 18.2 Å². The molecule has 136 valence electrons. The highest BCUT2D eigenvalue weighted by Crippen LogP contribution is 2.29. The molecule has 0 bridgehead atoms. The van der Waals surface area contributed by atoms with Crippen LogP contribution in [0.5, 0.6) is 0 Å². The predicted octanol–water partition coefficient (Wildman–Crippen LogP) is 2.99. The molecular formula is C18H19N3O4S. The van der Waals surface area contributed by atoms with Crippen molar-refractivity contribution in [1.29, 1.82) is 0 Å². The Hall–Kier alpha value is -2.87. The zero-order valence-electron chi connectivity index (χ0n) is 14.4. The van der Waals surface area contributed by atoms with Gasteiger partial charge in [-0.3, -0.25) is 9.59 Å². The van der Waals surface area contributed by atoms with Crippen LogP contribution in [-0.2, 0) is 14.3 Å². The minimum absolute atomic E-state index is 0.0220. The molecule has 1 aromatic carbocycles. The van der Waals surface area contributed by atoms with Gasteiger partial charge in [-0.15, -0.1) is 11.3 Å². The first-order chi connectivity index (χ1) is 12.5. The molecule has 0 saturated carbocycles. The summed E-state index contributed by atoms with van der Waals surface area (Å²) in [4.78, 5) is 36.8. The fraction of sp³-hybridized carbons (Fsp3) is 0.278. The molecule has 7 nitrogen and oxygen atoms in total. The summed E-state index contributed by atoms with van der Waals surface area (Å²) in [5.74, 6) is -0.970. The van der Waals surface area contributed by atoms with Crippen molar-refractivity contribution in [2.75, 3.05) is 22.6 Å². The number of carbonyl (C=O) groups excluding carboxylic acids is 3. The maximum absolute atomic E-state index is 12.3. The van der Waals surface area contributed by atoms with Gasteiger partial charge in [-0.1, -0.05) is 12.1 Å². The van der Waals surface area contributed by atoms with Crippen molar-refractivity contribution in [3.63, 3.8) is 0 Å². The Bertz CT molecular complexity index is 862. The van der Waals surface area contributed by atoms with Crippen LogP contribution in [0.25, 0.3) is 0 Å². The molecule has 1 aromatic heterocycles. The highest BCUT2D eigenvalue weighted by Gasteiger charge is 2.27. The van der Waals surface area contributed by atoms with Crippen molar-refractivity contribution in [2.45, 2.75) is 26.3 Å². The molecule has 0 spiro atoms. The van der Waals surface area contributed by atoms with Crippen molar-refractivity contribution in [3.05, 3.63) is 40.8 Å². The highest BCUT2D eigenvalue weighted by molar-refractivity contribution is 7.18. The van der Waals surface area contributed by atoms with Gasteiger partial charge in [0.1, 0.15) is 10.9 Å². The Kier molecular flexibility index (Phi) is 5.22. The Labute approximate surface area is 154 Å². The van der Waals surface area contributed by atoms with Crippen LogP contribution in [0.1, 0.15) is 28.6 Å². The van der Waals surface area contributed by atoms with E-state index in [0.717, 1.165) is 22.6 Å². The second kappa shape index (κ2) is 7.57. The number of ether oxygens (including phenoxy) is 1. The van der Waals surface area contributed by atoms with E-state index in [1.165, 1.54) is 0 Å². The molecular weight excluding hydrogens is 354 g/mol. The number of aryl methyl sites for hydroxylation is 1. The van der Waals surface area contributed by atoms with Crippen LogP contribution in [0.3, 0.4) is 0 Å². The molecule has 2 aromatic rings. The summed E-state index contributed by atoms with van der Waals surface area (Å²) in [6.07, 6.45) is -0.0220. The molecule has 3 N–H and O–H groups in total. The number of amides is 2. The molecule has 0 saturated heterocycles. The summed E-state index contributed by atoms with van der Waals surface area (Å²) in [6, 6.07) is 8.38. The average molecular weight is 373 g/mol. The second-order valence-electron chi connectivity index (χ2n) is 5.83. The Morgan fingerprint density at radius 2 is 2.00 bits per heavy atom. The van der Waals surface area contributed by atoms with Gasteiger partial charge in [0.25, 0.3) is 0 Å². The standard InChI is InChI=1S/C18H19N3O4S/c1-3-25-18(24)16-10(2)8-15(26-16)21-14(22)9-13-17(23)20-12-7-5-4-6-11(12)19-13/h4-8,13,19H,3,9H2,1-2H3,(H,20,23)(H,21,22)/t13-/m1/s1. The minimum Gasteiger partial charge on any atom is -0.462 e. The smallest absolute Gasteiger partial charge is 0.348 e. The third-order valence-electron chi connectivity index (χ3n) is 3.86. The number of rotatable bonds is 5. The molecule has 2 heterocycles. The van der Waals surface area contributed by atoms with Gasteiger partial charge in [0.15, 0.2) is 0 Å². The van der Waals surface area contributed by atoms with Gasteiger partial charge in [-0.05, 0) is 37.6 Å². The Morgan fingerprint density at radius 3 is 2.73 bits per heavy atom. The van der Waals surface area contributed by atoms with Crippen molar-refractivity contribution < 1.29 is 19.1 Å². The molecule has 1 aliphatic heterocycles. The van der Waals surface area contributed by atoms with Crippen molar-refractivity contribution in [3.8, 4) is 0 Å². The quantitative estimate of drug-likeness (QED) is 0.700. The van der Waals surface area contributed by atoms with Crippen LogP contribution in [0, 0.1) is 6.92 Å². The van der Waals surface area contributed by atoms with Crippen molar-refractivity contribution in [1.82, 2.24) is 0 Å². The molecule has 8 heteroatoms. The third kappa shape index (κ3) is 3.85. The van der Waals surface area contributed by atoms with Gasteiger partial charge in [-0.25, -0.2) is 4.79 Å². The van der Waals surface area contributed by atoms with Gasteiger partial charge in [0, 0.05) is 0 Å². The number of hydrogen-bond acceptors (Lipinski definition) is 6. The third-order valence-corrected chi connectivity index (χ3v) is 4.99. The van der Waals surface area contributed by atoms with E-state index >= 15 is 0 Å². The summed E-state index contributed by atoms with van der Waals surface area (Å²) < 4.78 is 4.99. The maximum Gasteiger partial charge on any atom is 0.348 e. The molecule has 0 radical (unpaired) electrons. The molecule has 1 atom stereocenters. The van der Waals surface area contributed by atoms with Gasteiger partial charge in [-0.2, -0.15) is 0 Å². The average Bonchev–Trinajstić information content (AvgIpc) is 2.96. The minimum atomic E-state index is -0.657. The maximum atomic E-state index is 12.3.